The molecule has 40 heavy (non-hydrogen) atoms. The number of fused-ring (bicyclic) bond motifs is 1. The third-order valence-electron chi connectivity index (χ3n) is 6.20. The lowest BCUT2D eigenvalue weighted by Gasteiger charge is -2.24. The highest BCUT2D eigenvalue weighted by Gasteiger charge is 2.31. The topological polar surface area (TPSA) is 209 Å². The minimum Gasteiger partial charge on any atom is -0.480 e. The Bertz CT molecular complexity index is 1360. The van der Waals surface area contributed by atoms with E-state index in [0.717, 1.165) is 16.5 Å². The first kappa shape index (κ1) is 30.2. The Morgan fingerprint density at radius 3 is 2.08 bits per heavy atom. The van der Waals surface area contributed by atoms with E-state index in [1.165, 1.54) is 0 Å². The third-order valence-corrected chi connectivity index (χ3v) is 6.57. The molecule has 0 bridgehead atoms. The molecular weight excluding hydrogens is 536 g/mol. The summed E-state index contributed by atoms with van der Waals surface area (Å²) in [6.07, 6.45) is 1.35. The second kappa shape index (κ2) is 14.1. The van der Waals surface area contributed by atoms with Crippen molar-refractivity contribution in [1.82, 2.24) is 20.9 Å². The first-order chi connectivity index (χ1) is 19.1. The number of carboxylic acid groups (broad SMARTS) is 1. The van der Waals surface area contributed by atoms with Crippen LogP contribution in [-0.4, -0.2) is 69.6 Å². The zero-order valence-corrected chi connectivity index (χ0v) is 22.4. The molecule has 1 heterocycles. The number of carbonyl (C=O) groups is 5. The number of hydrogen-bond acceptors (Lipinski definition) is 7. The zero-order chi connectivity index (χ0) is 29.2. The maximum atomic E-state index is 13.2. The molecule has 0 aliphatic rings. The molecule has 0 radical (unpaired) electrons. The smallest absolute Gasteiger partial charge is 0.327 e. The van der Waals surface area contributed by atoms with Gasteiger partial charge in [-0.05, 0) is 23.6 Å². The lowest BCUT2D eigenvalue weighted by Crippen LogP contribution is -2.58. The fourth-order valence-corrected chi connectivity index (χ4v) is 4.36. The van der Waals surface area contributed by atoms with Gasteiger partial charge in [0.2, 0.25) is 23.6 Å². The number of carbonyl (C=O) groups excluding carboxylic acids is 4. The highest BCUT2D eigenvalue weighted by atomic mass is 32.1. The quantitative estimate of drug-likeness (QED) is 0.121. The van der Waals surface area contributed by atoms with Crippen molar-refractivity contribution in [3.05, 3.63) is 71.9 Å². The number of benzene rings is 2. The summed E-state index contributed by atoms with van der Waals surface area (Å²) in [6, 6.07) is 11.2. The predicted octanol–water partition coefficient (Wildman–Crippen LogP) is -0.375. The van der Waals surface area contributed by atoms with Gasteiger partial charge in [0.1, 0.15) is 18.1 Å². The summed E-state index contributed by atoms with van der Waals surface area (Å²) < 4.78 is 0. The minimum absolute atomic E-state index is 0.00857. The summed E-state index contributed by atoms with van der Waals surface area (Å²) >= 11 is 3.95. The van der Waals surface area contributed by atoms with Crippen molar-refractivity contribution in [2.45, 2.75) is 43.4 Å². The second-order valence-corrected chi connectivity index (χ2v) is 9.60. The molecule has 4 unspecified atom stereocenters. The molecule has 9 N–H and O–H groups in total. The van der Waals surface area contributed by atoms with E-state index < -0.39 is 60.2 Å². The van der Waals surface area contributed by atoms with Crippen molar-refractivity contribution in [2.24, 2.45) is 11.5 Å². The number of aliphatic carboxylic acids is 1. The fourth-order valence-electron chi connectivity index (χ4n) is 4.11. The monoisotopic (exact) mass is 568 g/mol. The average Bonchev–Trinajstić information content (AvgIpc) is 3.33. The summed E-state index contributed by atoms with van der Waals surface area (Å²) in [4.78, 5) is 65.4. The van der Waals surface area contributed by atoms with E-state index in [2.05, 4.69) is 33.6 Å². The number of thiol groups is 1. The number of aromatic amines is 1. The maximum Gasteiger partial charge on any atom is 0.327 e. The van der Waals surface area contributed by atoms with Crippen LogP contribution in [0.15, 0.2) is 60.8 Å². The van der Waals surface area contributed by atoms with Crippen LogP contribution in [0.5, 0.6) is 0 Å². The first-order valence-corrected chi connectivity index (χ1v) is 13.1. The summed E-state index contributed by atoms with van der Waals surface area (Å²) in [5, 5.41) is 17.5. The van der Waals surface area contributed by atoms with Crippen LogP contribution in [-0.2, 0) is 36.8 Å². The van der Waals surface area contributed by atoms with Crippen molar-refractivity contribution in [3.63, 3.8) is 0 Å². The van der Waals surface area contributed by atoms with Crippen LogP contribution in [0.1, 0.15) is 17.5 Å². The van der Waals surface area contributed by atoms with Gasteiger partial charge in [-0.3, -0.25) is 19.2 Å². The Kier molecular flexibility index (Phi) is 10.7. The Balaban J connectivity index is 1.74. The number of rotatable bonds is 14. The van der Waals surface area contributed by atoms with Gasteiger partial charge in [0.15, 0.2) is 0 Å². The molecule has 0 aliphatic carbocycles. The van der Waals surface area contributed by atoms with E-state index in [-0.39, 0.29) is 18.6 Å². The predicted molar refractivity (Wildman–Crippen MR) is 151 cm³/mol. The fraction of sp³-hybridized carbons (Fsp3) is 0.296. The molecule has 0 aliphatic heterocycles. The summed E-state index contributed by atoms with van der Waals surface area (Å²) in [5.74, 6) is -4.68. The Labute approximate surface area is 235 Å². The standard InChI is InChI=1S/C27H32N6O6S/c28-18(11-16-13-30-19-9-5-4-8-17(16)19)24(35)31-21(12-23(29)34)26(37)32-20(10-15-6-2-1-3-7-15)25(36)33-22(14-40)27(38)39/h1-9,13,18,20-22,30,40H,10-12,14,28H2,(H2,29,34)(H,31,35)(H,32,37)(H,33,36)(H,38,39). The highest BCUT2D eigenvalue weighted by molar-refractivity contribution is 7.80. The number of nitrogens with two attached hydrogens (primary N) is 2. The largest absolute Gasteiger partial charge is 0.480 e. The van der Waals surface area contributed by atoms with Crippen LogP contribution in [0.25, 0.3) is 10.9 Å². The van der Waals surface area contributed by atoms with Gasteiger partial charge in [-0.2, -0.15) is 12.6 Å². The van der Waals surface area contributed by atoms with Gasteiger partial charge in [0.25, 0.3) is 0 Å². The summed E-state index contributed by atoms with van der Waals surface area (Å²) in [6.45, 7) is 0. The van der Waals surface area contributed by atoms with Gasteiger partial charge in [0, 0.05) is 29.3 Å². The van der Waals surface area contributed by atoms with Crippen LogP contribution in [0.4, 0.5) is 0 Å². The molecule has 12 nitrogen and oxygen atoms in total. The maximum absolute atomic E-state index is 13.2. The number of H-pyrrole nitrogens is 1. The van der Waals surface area contributed by atoms with Crippen LogP contribution in [0, 0.1) is 0 Å². The second-order valence-electron chi connectivity index (χ2n) is 9.23. The molecule has 1 aromatic heterocycles. The number of primary amides is 1. The summed E-state index contributed by atoms with van der Waals surface area (Å²) in [5.41, 5.74) is 13.8. The number of amides is 4. The molecule has 3 aromatic rings. The van der Waals surface area contributed by atoms with Crippen molar-refractivity contribution >= 4 is 53.1 Å². The molecule has 0 fully saturated rings. The van der Waals surface area contributed by atoms with E-state index >= 15 is 0 Å². The van der Waals surface area contributed by atoms with Crippen LogP contribution in [0.3, 0.4) is 0 Å². The Morgan fingerprint density at radius 1 is 0.825 bits per heavy atom. The Morgan fingerprint density at radius 2 is 1.43 bits per heavy atom. The molecule has 3 rings (SSSR count). The SMILES string of the molecule is NC(=O)CC(NC(=O)C(N)Cc1c[nH]c2ccccc12)C(=O)NC(Cc1ccccc1)C(=O)NC(CS)C(=O)O. The van der Waals surface area contributed by atoms with E-state index in [0.29, 0.717) is 5.56 Å². The third kappa shape index (κ3) is 8.32. The van der Waals surface area contributed by atoms with Gasteiger partial charge in [0.05, 0.1) is 12.5 Å². The molecule has 4 amide bonds. The average molecular weight is 569 g/mol. The lowest BCUT2D eigenvalue weighted by atomic mass is 10.0. The normalized spacial score (nSPS) is 13.9. The van der Waals surface area contributed by atoms with Crippen molar-refractivity contribution in [3.8, 4) is 0 Å². The van der Waals surface area contributed by atoms with Gasteiger partial charge in [-0.25, -0.2) is 4.79 Å². The number of nitrogens with one attached hydrogen (secondary N) is 4. The van der Waals surface area contributed by atoms with Gasteiger partial charge in [-0.15, -0.1) is 0 Å². The molecule has 13 heteroatoms. The number of hydrogen-bond donors (Lipinski definition) is 8. The van der Waals surface area contributed by atoms with E-state index in [4.69, 9.17) is 11.5 Å². The molecule has 2 aromatic carbocycles. The molecule has 0 saturated carbocycles. The van der Waals surface area contributed by atoms with Crippen molar-refractivity contribution in [2.75, 3.05) is 5.75 Å². The van der Waals surface area contributed by atoms with Crippen LogP contribution in [0.2, 0.25) is 0 Å². The van der Waals surface area contributed by atoms with Crippen LogP contribution < -0.4 is 27.4 Å². The molecule has 0 saturated heterocycles. The van der Waals surface area contributed by atoms with E-state index in [9.17, 15) is 29.1 Å². The number of para-hydroxylation sites is 1. The van der Waals surface area contributed by atoms with Gasteiger partial charge in [-0.1, -0.05) is 48.5 Å². The van der Waals surface area contributed by atoms with Gasteiger partial charge >= 0.3 is 5.97 Å². The summed E-state index contributed by atoms with van der Waals surface area (Å²) in [7, 11) is 0. The molecule has 0 spiro atoms. The first-order valence-electron chi connectivity index (χ1n) is 12.5. The molecular formula is C27H32N6O6S. The van der Waals surface area contributed by atoms with Crippen molar-refractivity contribution < 1.29 is 29.1 Å². The minimum atomic E-state index is -1.43. The van der Waals surface area contributed by atoms with Gasteiger partial charge < -0.3 is 37.5 Å². The highest BCUT2D eigenvalue weighted by Crippen LogP contribution is 2.18. The van der Waals surface area contributed by atoms with Crippen LogP contribution >= 0.6 is 12.6 Å². The Hall–Kier alpha value is -4.36. The number of aromatic nitrogens is 1. The molecule has 4 atom stereocenters. The zero-order valence-electron chi connectivity index (χ0n) is 21.5. The molecule has 212 valence electrons. The van der Waals surface area contributed by atoms with E-state index in [1.807, 2.05) is 24.3 Å². The number of carboxylic acids is 1. The van der Waals surface area contributed by atoms with E-state index in [1.54, 1.807) is 36.5 Å². The lowest BCUT2D eigenvalue weighted by molar-refractivity contribution is -0.141. The van der Waals surface area contributed by atoms with Crippen molar-refractivity contribution in [1.29, 1.82) is 0 Å².